The molecule has 0 spiro atoms. The quantitative estimate of drug-likeness (QED) is 0.342. The molecule has 0 saturated carbocycles. The Balaban J connectivity index is 0.00000288. The Hall–Kier alpha value is -1.73. The second-order valence-corrected chi connectivity index (χ2v) is 5.61. The fourth-order valence-corrected chi connectivity index (χ4v) is 2.59. The number of benzene rings is 1. The Labute approximate surface area is 159 Å². The third kappa shape index (κ3) is 5.14. The summed E-state index contributed by atoms with van der Waals surface area (Å²) in [4.78, 5) is 24.1. The Morgan fingerprint density at radius 2 is 1.96 bits per heavy atom. The van der Waals surface area contributed by atoms with E-state index in [-0.39, 0.29) is 29.3 Å². The molecular weight excluding hydrogens is 442 g/mol. The number of carbonyl (C=O) groups excluding carboxylic acids is 2. The molecule has 2 aromatic rings. The van der Waals surface area contributed by atoms with Crippen LogP contribution in [0.4, 0.5) is 0 Å². The second-order valence-electron chi connectivity index (χ2n) is 4.76. The van der Waals surface area contributed by atoms with Crippen molar-refractivity contribution in [2.24, 2.45) is 0 Å². The van der Waals surface area contributed by atoms with Gasteiger partial charge in [0.2, 0.25) is 12.3 Å². The summed E-state index contributed by atoms with van der Waals surface area (Å²) in [6.07, 6.45) is 3.34. The Morgan fingerprint density at radius 1 is 1.21 bits per heavy atom. The monoisotopic (exact) mass is 457 g/mol. The van der Waals surface area contributed by atoms with Crippen molar-refractivity contribution < 1.29 is 40.6 Å². The molecule has 7 heteroatoms. The molecule has 0 fully saturated rings. The maximum Gasteiger partial charge on any atom is 0.344 e. The molecule has 1 heterocycles. The average molecular weight is 459 g/mol. The minimum Gasteiger partial charge on any atom is -1.00 e. The van der Waals surface area contributed by atoms with Crippen molar-refractivity contribution in [3.63, 3.8) is 0 Å². The van der Waals surface area contributed by atoms with E-state index in [1.807, 2.05) is 0 Å². The number of rotatable bonds is 6. The van der Waals surface area contributed by atoms with E-state index >= 15 is 0 Å². The highest BCUT2D eigenvalue weighted by atomic mass is 79.9. The van der Waals surface area contributed by atoms with Gasteiger partial charge in [-0.2, -0.15) is 4.57 Å². The van der Waals surface area contributed by atoms with E-state index < -0.39 is 5.97 Å². The summed E-state index contributed by atoms with van der Waals surface area (Å²) in [6.45, 7) is 2.19. The molecule has 0 amide bonds. The summed E-state index contributed by atoms with van der Waals surface area (Å²) in [5.41, 5.74) is 0.977. The first-order valence-electron chi connectivity index (χ1n) is 7.08. The van der Waals surface area contributed by atoms with E-state index in [2.05, 4.69) is 15.9 Å². The molecule has 24 heavy (non-hydrogen) atoms. The number of methoxy groups -OCH3 is 1. The number of esters is 1. The maximum atomic E-state index is 12.4. The zero-order chi connectivity index (χ0) is 16.8. The molecule has 0 N–H and O–H groups in total. The summed E-state index contributed by atoms with van der Waals surface area (Å²) in [5, 5.41) is 0. The summed E-state index contributed by atoms with van der Waals surface area (Å²) in [7, 11) is 1.57. The van der Waals surface area contributed by atoms with Gasteiger partial charge in [0.15, 0.2) is 12.4 Å². The lowest BCUT2D eigenvalue weighted by atomic mass is 10.1. The van der Waals surface area contributed by atoms with Gasteiger partial charge in [0.25, 0.3) is 0 Å². The minimum atomic E-state index is -0.401. The second kappa shape index (κ2) is 9.54. The van der Waals surface area contributed by atoms with Gasteiger partial charge in [-0.25, -0.2) is 4.79 Å². The number of aromatic nitrogens is 1. The molecule has 0 aliphatic carbocycles. The van der Waals surface area contributed by atoms with Crippen molar-refractivity contribution >= 4 is 27.7 Å². The highest BCUT2D eigenvalue weighted by molar-refractivity contribution is 9.10. The molecule has 0 saturated heterocycles. The normalized spacial score (nSPS) is 9.79. The van der Waals surface area contributed by atoms with Gasteiger partial charge in [-0.1, -0.05) is 0 Å². The molecule has 0 atom stereocenters. The van der Waals surface area contributed by atoms with Crippen molar-refractivity contribution in [3.8, 4) is 5.75 Å². The highest BCUT2D eigenvalue weighted by Crippen LogP contribution is 2.25. The van der Waals surface area contributed by atoms with E-state index in [4.69, 9.17) is 9.47 Å². The predicted octanol–water partition coefficient (Wildman–Crippen LogP) is -0.191. The fourth-order valence-electron chi connectivity index (χ4n) is 2.05. The Bertz CT molecular complexity index is 734. The third-order valence-electron chi connectivity index (χ3n) is 3.17. The van der Waals surface area contributed by atoms with Crippen molar-refractivity contribution in [1.82, 2.24) is 0 Å². The molecule has 1 aromatic heterocycles. The fraction of sp³-hybridized carbons (Fsp3) is 0.235. The number of Topliss-reactive ketones (excluding diaryl/α,β-unsaturated/α-hetero) is 1. The zero-order valence-corrected chi connectivity index (χ0v) is 16.5. The van der Waals surface area contributed by atoms with E-state index in [1.54, 1.807) is 61.3 Å². The molecular formula is C17H17Br2NO4. The summed E-state index contributed by atoms with van der Waals surface area (Å²) >= 11 is 3.36. The van der Waals surface area contributed by atoms with Crippen LogP contribution >= 0.6 is 15.9 Å². The van der Waals surface area contributed by atoms with E-state index in [9.17, 15) is 9.59 Å². The number of ketones is 1. The van der Waals surface area contributed by atoms with Crippen LogP contribution in [0.2, 0.25) is 0 Å². The van der Waals surface area contributed by atoms with Crippen LogP contribution in [0.3, 0.4) is 0 Å². The van der Waals surface area contributed by atoms with Crippen LogP contribution < -0.4 is 26.3 Å². The van der Waals surface area contributed by atoms with Gasteiger partial charge >= 0.3 is 5.97 Å². The number of halogens is 2. The SMILES string of the molecule is CCOC(=O)c1ccc[n+](CC(=O)c2ccc(OC)c(Br)c2)c1.[Br-]. The predicted molar refractivity (Wildman–Crippen MR) is 87.6 cm³/mol. The van der Waals surface area contributed by atoms with Crippen LogP contribution in [-0.4, -0.2) is 25.5 Å². The van der Waals surface area contributed by atoms with Crippen LogP contribution in [0, 0.1) is 0 Å². The van der Waals surface area contributed by atoms with Gasteiger partial charge in [0, 0.05) is 11.6 Å². The van der Waals surface area contributed by atoms with E-state index in [0.717, 1.165) is 4.47 Å². The summed E-state index contributed by atoms with van der Waals surface area (Å²) in [5.74, 6) is 0.194. The molecule has 0 aliphatic heterocycles. The topological polar surface area (TPSA) is 56.5 Å². The van der Waals surface area contributed by atoms with Gasteiger partial charge in [0.1, 0.15) is 11.3 Å². The molecule has 2 rings (SSSR count). The van der Waals surface area contributed by atoms with Crippen LogP contribution in [0.25, 0.3) is 0 Å². The first-order chi connectivity index (χ1) is 11.0. The van der Waals surface area contributed by atoms with Crippen LogP contribution in [0.5, 0.6) is 5.75 Å². The maximum absolute atomic E-state index is 12.4. The first kappa shape index (κ1) is 20.3. The number of nitrogens with zero attached hydrogens (tertiary/aromatic N) is 1. The minimum absolute atomic E-state index is 0. The molecule has 0 aliphatic rings. The van der Waals surface area contributed by atoms with Gasteiger partial charge < -0.3 is 26.5 Å². The lowest BCUT2D eigenvalue weighted by molar-refractivity contribution is -0.683. The number of pyridine rings is 1. The van der Waals surface area contributed by atoms with E-state index in [0.29, 0.717) is 23.5 Å². The molecule has 0 radical (unpaired) electrons. The number of hydrogen-bond acceptors (Lipinski definition) is 4. The average Bonchev–Trinajstić information content (AvgIpc) is 2.55. The van der Waals surface area contributed by atoms with Gasteiger partial charge in [-0.15, -0.1) is 0 Å². The van der Waals surface area contributed by atoms with Crippen molar-refractivity contribution in [3.05, 3.63) is 58.3 Å². The third-order valence-corrected chi connectivity index (χ3v) is 3.79. The molecule has 0 unspecified atom stereocenters. The Morgan fingerprint density at radius 3 is 2.58 bits per heavy atom. The largest absolute Gasteiger partial charge is 1.00 e. The smallest absolute Gasteiger partial charge is 0.344 e. The molecule has 0 bridgehead atoms. The van der Waals surface area contributed by atoms with Crippen LogP contribution in [0.15, 0.2) is 47.2 Å². The van der Waals surface area contributed by atoms with Crippen molar-refractivity contribution in [2.75, 3.05) is 13.7 Å². The highest BCUT2D eigenvalue weighted by Gasteiger charge is 2.16. The number of carbonyl (C=O) groups is 2. The number of hydrogen-bond donors (Lipinski definition) is 0. The van der Waals surface area contributed by atoms with Gasteiger partial charge in [-0.05, 0) is 47.1 Å². The lowest BCUT2D eigenvalue weighted by Crippen LogP contribution is -3.00. The molecule has 128 valence electrons. The molecule has 1 aromatic carbocycles. The number of ether oxygens (including phenoxy) is 2. The summed E-state index contributed by atoms with van der Waals surface area (Å²) < 4.78 is 12.5. The van der Waals surface area contributed by atoms with Gasteiger partial charge in [-0.3, -0.25) is 4.79 Å². The lowest BCUT2D eigenvalue weighted by Gasteiger charge is -2.05. The Kier molecular flexibility index (Phi) is 8.07. The van der Waals surface area contributed by atoms with Crippen LogP contribution in [0.1, 0.15) is 27.6 Å². The van der Waals surface area contributed by atoms with Crippen LogP contribution in [-0.2, 0) is 11.3 Å². The van der Waals surface area contributed by atoms with E-state index in [1.165, 1.54) is 0 Å². The van der Waals surface area contributed by atoms with Crippen molar-refractivity contribution in [2.45, 2.75) is 13.5 Å². The standard InChI is InChI=1S/C17H17BrNO4.BrH/c1-3-23-17(21)13-5-4-8-19(10-13)11-15(20)12-6-7-16(22-2)14(18)9-12;/h4-10H,3,11H2,1-2H3;1H/q+1;/p-1. The zero-order valence-electron chi connectivity index (χ0n) is 13.3. The summed E-state index contributed by atoms with van der Waals surface area (Å²) in [6, 6.07) is 8.53. The molecule has 5 nitrogen and oxygen atoms in total. The van der Waals surface area contributed by atoms with Crippen molar-refractivity contribution in [1.29, 1.82) is 0 Å². The van der Waals surface area contributed by atoms with Gasteiger partial charge in [0.05, 0.1) is 18.2 Å². The first-order valence-corrected chi connectivity index (χ1v) is 7.87.